The van der Waals surface area contributed by atoms with Crippen molar-refractivity contribution in [2.45, 2.75) is 12.8 Å². The molecule has 1 aliphatic carbocycles. The molecule has 0 atom stereocenters. The molecule has 136 valence electrons. The Balaban J connectivity index is 1.76. The highest BCUT2D eigenvalue weighted by atomic mass is 16.3. The van der Waals surface area contributed by atoms with Gasteiger partial charge in [-0.3, -0.25) is 0 Å². The Morgan fingerprint density at radius 3 is 2.64 bits per heavy atom. The van der Waals surface area contributed by atoms with E-state index in [1.54, 1.807) is 12.1 Å². The van der Waals surface area contributed by atoms with Crippen LogP contribution >= 0.6 is 0 Å². The van der Waals surface area contributed by atoms with E-state index in [0.717, 1.165) is 41.2 Å². The normalized spacial score (nSPS) is 13.6. The maximum atomic E-state index is 9.90. The van der Waals surface area contributed by atoms with Crippen molar-refractivity contribution in [1.29, 1.82) is 0 Å². The van der Waals surface area contributed by atoms with E-state index in [4.69, 9.17) is 4.98 Å². The van der Waals surface area contributed by atoms with E-state index in [0.29, 0.717) is 0 Å². The van der Waals surface area contributed by atoms with Crippen molar-refractivity contribution in [3.63, 3.8) is 0 Å². The van der Waals surface area contributed by atoms with Crippen LogP contribution in [0.4, 0.5) is 0 Å². The molecule has 2 N–H and O–H groups in total. The van der Waals surface area contributed by atoms with Crippen LogP contribution in [0.2, 0.25) is 0 Å². The number of aromatic nitrogens is 2. The highest BCUT2D eigenvalue weighted by molar-refractivity contribution is 5.98. The van der Waals surface area contributed by atoms with Gasteiger partial charge in [0.15, 0.2) is 0 Å². The van der Waals surface area contributed by atoms with Gasteiger partial charge < -0.3 is 10.1 Å². The number of aromatic amines is 1. The van der Waals surface area contributed by atoms with Gasteiger partial charge >= 0.3 is 0 Å². The standard InChI is InChI=1S/C25H20N2O/c28-20-13-6-12-19(16-20)25-26-23(18-9-2-1-3-10-18)24(27-25)22-15-7-11-17-8-4-5-14-21(17)22/h1-2,4-9,11-16,28H,3,10H2,(H,26,27). The first-order valence-corrected chi connectivity index (χ1v) is 9.53. The number of nitrogens with zero attached hydrogens (tertiary/aromatic N) is 1. The third kappa shape index (κ3) is 2.91. The van der Waals surface area contributed by atoms with Crippen LogP contribution < -0.4 is 0 Å². The minimum absolute atomic E-state index is 0.238. The van der Waals surface area contributed by atoms with Crippen molar-refractivity contribution in [1.82, 2.24) is 9.97 Å². The van der Waals surface area contributed by atoms with Crippen LogP contribution in [0.3, 0.4) is 0 Å². The van der Waals surface area contributed by atoms with Crippen molar-refractivity contribution in [2.75, 3.05) is 0 Å². The maximum Gasteiger partial charge on any atom is 0.138 e. The van der Waals surface area contributed by atoms with Gasteiger partial charge in [-0.1, -0.05) is 72.8 Å². The Bertz CT molecular complexity index is 1230. The van der Waals surface area contributed by atoms with E-state index in [1.807, 2.05) is 12.1 Å². The number of rotatable bonds is 3. The Labute approximate surface area is 163 Å². The molecular formula is C25H20N2O. The molecule has 0 spiro atoms. The number of hydrogen-bond donors (Lipinski definition) is 2. The number of H-pyrrole nitrogens is 1. The van der Waals surface area contributed by atoms with Crippen molar-refractivity contribution in [3.05, 3.63) is 90.7 Å². The number of hydrogen-bond acceptors (Lipinski definition) is 2. The summed E-state index contributed by atoms with van der Waals surface area (Å²) in [5.74, 6) is 1.01. The van der Waals surface area contributed by atoms with E-state index in [2.05, 4.69) is 65.7 Å². The lowest BCUT2D eigenvalue weighted by Gasteiger charge is -2.11. The first kappa shape index (κ1) is 16.6. The van der Waals surface area contributed by atoms with Crippen LogP contribution in [0.1, 0.15) is 18.5 Å². The highest BCUT2D eigenvalue weighted by Gasteiger charge is 2.19. The smallest absolute Gasteiger partial charge is 0.138 e. The van der Waals surface area contributed by atoms with Gasteiger partial charge in [0.05, 0.1) is 11.4 Å². The minimum atomic E-state index is 0.238. The quantitative estimate of drug-likeness (QED) is 0.446. The zero-order valence-corrected chi connectivity index (χ0v) is 15.4. The second-order valence-electron chi connectivity index (χ2n) is 7.04. The molecular weight excluding hydrogens is 344 g/mol. The summed E-state index contributed by atoms with van der Waals surface area (Å²) in [6, 6.07) is 22.0. The van der Waals surface area contributed by atoms with E-state index in [1.165, 1.54) is 16.3 Å². The number of phenolic OH excluding ortho intramolecular Hbond substituents is 1. The lowest BCUT2D eigenvalue weighted by Crippen LogP contribution is -1.92. The maximum absolute atomic E-state index is 9.90. The van der Waals surface area contributed by atoms with Gasteiger partial charge in [-0.05, 0) is 41.3 Å². The number of benzene rings is 3. The summed E-state index contributed by atoms with van der Waals surface area (Å²) in [4.78, 5) is 8.50. The Morgan fingerprint density at radius 1 is 0.929 bits per heavy atom. The van der Waals surface area contributed by atoms with Crippen LogP contribution in [-0.4, -0.2) is 15.1 Å². The summed E-state index contributed by atoms with van der Waals surface area (Å²) in [6.45, 7) is 0. The molecule has 3 heteroatoms. The van der Waals surface area contributed by atoms with Gasteiger partial charge in [0.25, 0.3) is 0 Å². The Hall–Kier alpha value is -3.59. The molecule has 0 unspecified atom stereocenters. The van der Waals surface area contributed by atoms with Crippen LogP contribution in [0, 0.1) is 0 Å². The highest BCUT2D eigenvalue weighted by Crippen LogP contribution is 2.37. The summed E-state index contributed by atoms with van der Waals surface area (Å²) in [5.41, 5.74) is 5.26. The van der Waals surface area contributed by atoms with E-state index in [9.17, 15) is 5.11 Å². The number of nitrogens with one attached hydrogen (secondary N) is 1. The Morgan fingerprint density at radius 2 is 1.79 bits per heavy atom. The number of phenols is 1. The van der Waals surface area contributed by atoms with Crippen LogP contribution in [-0.2, 0) is 0 Å². The molecule has 0 fully saturated rings. The molecule has 0 amide bonds. The first-order valence-electron chi connectivity index (χ1n) is 9.53. The SMILES string of the molecule is Oc1cccc(-c2nc(C3=CC=CCC3)c(-c3cccc4ccccc34)[nH]2)c1. The average Bonchev–Trinajstić information content (AvgIpc) is 3.19. The second-order valence-corrected chi connectivity index (χ2v) is 7.04. The van der Waals surface area contributed by atoms with Gasteiger partial charge in [-0.15, -0.1) is 0 Å². The molecule has 0 saturated carbocycles. The topological polar surface area (TPSA) is 48.9 Å². The Kier molecular flexibility index (Phi) is 4.06. The van der Waals surface area contributed by atoms with Gasteiger partial charge in [-0.25, -0.2) is 4.98 Å². The van der Waals surface area contributed by atoms with Crippen molar-refractivity contribution in [3.8, 4) is 28.4 Å². The van der Waals surface area contributed by atoms with E-state index >= 15 is 0 Å². The molecule has 1 aliphatic rings. The van der Waals surface area contributed by atoms with Gasteiger partial charge in [-0.2, -0.15) is 0 Å². The molecule has 0 radical (unpaired) electrons. The molecule has 28 heavy (non-hydrogen) atoms. The molecule has 3 aromatic carbocycles. The first-order chi connectivity index (χ1) is 13.8. The molecule has 1 heterocycles. The van der Waals surface area contributed by atoms with Gasteiger partial charge in [0, 0.05) is 11.1 Å². The molecule has 0 bridgehead atoms. The largest absolute Gasteiger partial charge is 0.508 e. The third-order valence-electron chi connectivity index (χ3n) is 5.20. The molecule has 3 nitrogen and oxygen atoms in total. The third-order valence-corrected chi connectivity index (χ3v) is 5.20. The fourth-order valence-electron chi connectivity index (χ4n) is 3.83. The van der Waals surface area contributed by atoms with Crippen molar-refractivity contribution < 1.29 is 5.11 Å². The zero-order chi connectivity index (χ0) is 18.9. The second kappa shape index (κ2) is 6.86. The number of imidazole rings is 1. The number of fused-ring (bicyclic) bond motifs is 1. The lowest BCUT2D eigenvalue weighted by atomic mass is 9.96. The molecule has 0 aliphatic heterocycles. The summed E-state index contributed by atoms with van der Waals surface area (Å²) >= 11 is 0. The molecule has 1 aromatic heterocycles. The van der Waals surface area contributed by atoms with Crippen LogP contribution in [0.5, 0.6) is 5.75 Å². The van der Waals surface area contributed by atoms with E-state index in [-0.39, 0.29) is 5.75 Å². The predicted molar refractivity (Wildman–Crippen MR) is 115 cm³/mol. The average molecular weight is 364 g/mol. The lowest BCUT2D eigenvalue weighted by molar-refractivity contribution is 0.475. The van der Waals surface area contributed by atoms with Crippen LogP contribution in [0.25, 0.3) is 39.0 Å². The summed E-state index contributed by atoms with van der Waals surface area (Å²) in [5, 5.41) is 12.3. The molecule has 0 saturated heterocycles. The zero-order valence-electron chi connectivity index (χ0n) is 15.4. The number of aromatic hydroxyl groups is 1. The monoisotopic (exact) mass is 364 g/mol. The molecule has 4 aromatic rings. The fourth-order valence-corrected chi connectivity index (χ4v) is 3.83. The fraction of sp³-hybridized carbons (Fsp3) is 0.0800. The summed E-state index contributed by atoms with van der Waals surface area (Å²) in [6.07, 6.45) is 8.44. The minimum Gasteiger partial charge on any atom is -0.508 e. The van der Waals surface area contributed by atoms with Gasteiger partial charge in [0.2, 0.25) is 0 Å². The summed E-state index contributed by atoms with van der Waals surface area (Å²) in [7, 11) is 0. The number of allylic oxidation sites excluding steroid dienone is 4. The van der Waals surface area contributed by atoms with Gasteiger partial charge in [0.1, 0.15) is 11.6 Å². The predicted octanol–water partition coefficient (Wildman–Crippen LogP) is 6.34. The van der Waals surface area contributed by atoms with E-state index < -0.39 is 0 Å². The summed E-state index contributed by atoms with van der Waals surface area (Å²) < 4.78 is 0. The van der Waals surface area contributed by atoms with Crippen molar-refractivity contribution >= 4 is 16.3 Å². The molecule has 5 rings (SSSR count). The van der Waals surface area contributed by atoms with Crippen LogP contribution in [0.15, 0.2) is 85.0 Å². The van der Waals surface area contributed by atoms with Crippen molar-refractivity contribution in [2.24, 2.45) is 0 Å².